The first-order valence-electron chi connectivity index (χ1n) is 9.42. The summed E-state index contributed by atoms with van der Waals surface area (Å²) in [5.74, 6) is 4.75. The number of benzene rings is 1. The second kappa shape index (κ2) is 7.68. The smallest absolute Gasteiger partial charge is 0.146 e. The normalized spacial score (nSPS) is 16.7. The van der Waals surface area contributed by atoms with Crippen LogP contribution in [-0.4, -0.2) is 51.6 Å². The monoisotopic (exact) mass is 403 g/mol. The zero-order valence-electron chi connectivity index (χ0n) is 15.6. The van der Waals surface area contributed by atoms with Crippen LogP contribution in [-0.2, 0) is 4.74 Å². The number of allylic oxidation sites excluding steroid dienone is 4. The van der Waals surface area contributed by atoms with Crippen LogP contribution in [0.5, 0.6) is 0 Å². The number of fused-ring (bicyclic) bond motifs is 1. The summed E-state index contributed by atoms with van der Waals surface area (Å²) in [6.45, 7) is 3.09. The first-order chi connectivity index (χ1) is 14.3. The average Bonchev–Trinajstić information content (AvgIpc) is 2.97. The molecule has 0 amide bonds. The van der Waals surface area contributed by atoms with Crippen molar-refractivity contribution in [1.29, 1.82) is 0 Å². The summed E-state index contributed by atoms with van der Waals surface area (Å²) >= 11 is 6.09. The lowest BCUT2D eigenvalue weighted by Crippen LogP contribution is -2.35. The molecule has 0 N–H and O–H groups in total. The molecule has 0 spiro atoms. The third-order valence-electron chi connectivity index (χ3n) is 4.95. The quantitative estimate of drug-likeness (QED) is 0.666. The Morgan fingerprint density at radius 1 is 1.03 bits per heavy atom. The van der Waals surface area contributed by atoms with Crippen molar-refractivity contribution in [2.75, 3.05) is 26.3 Å². The van der Waals surface area contributed by atoms with Crippen LogP contribution in [0.4, 0.5) is 0 Å². The summed E-state index contributed by atoms with van der Waals surface area (Å²) < 4.78 is 7.52. The van der Waals surface area contributed by atoms with Gasteiger partial charge in [0, 0.05) is 41.6 Å². The van der Waals surface area contributed by atoms with Crippen molar-refractivity contribution in [3.63, 3.8) is 0 Å². The standard InChI is InChI=1S/C22H18ClN5O/c23-17-2-4-18(5-3-17)28-20-15-24-9-8-19(20)26-22(28)16-1-6-21(25-10-7-16)27-11-13-29-14-12-27/h1-9,15H,11-14H2. The van der Waals surface area contributed by atoms with Crippen LogP contribution >= 0.6 is 11.6 Å². The average molecular weight is 404 g/mol. The fraction of sp³-hybridized carbons (Fsp3) is 0.182. The third-order valence-corrected chi connectivity index (χ3v) is 5.20. The molecule has 144 valence electrons. The van der Waals surface area contributed by atoms with E-state index in [0.717, 1.165) is 47.0 Å². The topological polar surface area (TPSA) is 55.5 Å². The summed E-state index contributed by atoms with van der Waals surface area (Å²) in [6, 6.07) is 9.61. The number of pyridine rings is 1. The number of ether oxygens (including phenoxy) is 1. The van der Waals surface area contributed by atoms with E-state index in [1.165, 1.54) is 0 Å². The Bertz CT molecular complexity index is 1180. The lowest BCUT2D eigenvalue weighted by molar-refractivity contribution is 0.0532. The van der Waals surface area contributed by atoms with Gasteiger partial charge < -0.3 is 9.64 Å². The van der Waals surface area contributed by atoms with Crippen LogP contribution < -0.4 is 0 Å². The summed E-state index contributed by atoms with van der Waals surface area (Å²) in [6.07, 6.45) is 9.49. The predicted molar refractivity (Wildman–Crippen MR) is 114 cm³/mol. The highest BCUT2D eigenvalue weighted by Crippen LogP contribution is 2.27. The molecular formula is C22H18ClN5O. The number of aliphatic imine (C=N–C) groups is 1. The summed E-state index contributed by atoms with van der Waals surface area (Å²) in [7, 11) is 0. The predicted octanol–water partition coefficient (Wildman–Crippen LogP) is 3.87. The molecule has 0 unspecified atom stereocenters. The van der Waals surface area contributed by atoms with Crippen molar-refractivity contribution >= 4 is 34.1 Å². The van der Waals surface area contributed by atoms with E-state index < -0.39 is 0 Å². The fourth-order valence-corrected chi connectivity index (χ4v) is 3.62. The zero-order chi connectivity index (χ0) is 19.6. The van der Waals surface area contributed by atoms with E-state index in [9.17, 15) is 0 Å². The van der Waals surface area contributed by atoms with Crippen LogP contribution in [0.3, 0.4) is 0 Å². The van der Waals surface area contributed by atoms with E-state index in [2.05, 4.69) is 25.3 Å². The number of hydrogen-bond donors (Lipinski definition) is 0. The third kappa shape index (κ3) is 3.49. The molecule has 29 heavy (non-hydrogen) atoms. The number of rotatable bonds is 3. The molecular weight excluding hydrogens is 386 g/mol. The molecule has 6 nitrogen and oxygen atoms in total. The highest BCUT2D eigenvalue weighted by molar-refractivity contribution is 6.30. The number of aromatic nitrogens is 3. The first-order valence-corrected chi connectivity index (χ1v) is 9.80. The van der Waals surface area contributed by atoms with Crippen molar-refractivity contribution < 1.29 is 4.74 Å². The van der Waals surface area contributed by atoms with Gasteiger partial charge in [-0.05, 0) is 48.4 Å². The van der Waals surface area contributed by atoms with E-state index in [-0.39, 0.29) is 0 Å². The molecule has 0 bridgehead atoms. The Kier molecular flexibility index (Phi) is 4.74. The SMILES string of the molecule is Clc1ccc(-n2c(C3=CC=C(N4CCOCC4)N=C=C3)nc3ccncc32)cc1. The largest absolute Gasteiger partial charge is 0.378 e. The molecule has 2 aromatic heterocycles. The van der Waals surface area contributed by atoms with Crippen LogP contribution in [0.2, 0.25) is 5.02 Å². The van der Waals surface area contributed by atoms with Crippen LogP contribution in [0.25, 0.3) is 22.3 Å². The molecule has 0 radical (unpaired) electrons. The van der Waals surface area contributed by atoms with Crippen molar-refractivity contribution in [3.05, 3.63) is 77.6 Å². The van der Waals surface area contributed by atoms with E-state index in [4.69, 9.17) is 21.3 Å². The summed E-state index contributed by atoms with van der Waals surface area (Å²) in [4.78, 5) is 15.8. The lowest BCUT2D eigenvalue weighted by Gasteiger charge is -2.28. The molecule has 2 aliphatic rings. The molecule has 0 atom stereocenters. The molecule has 7 heteroatoms. The van der Waals surface area contributed by atoms with Gasteiger partial charge >= 0.3 is 0 Å². The van der Waals surface area contributed by atoms with E-state index >= 15 is 0 Å². The maximum absolute atomic E-state index is 6.09. The van der Waals surface area contributed by atoms with Crippen molar-refractivity contribution in [2.24, 2.45) is 4.99 Å². The molecule has 5 rings (SSSR count). The molecule has 3 aromatic rings. The molecule has 0 aliphatic carbocycles. The molecule has 0 saturated carbocycles. The molecule has 1 saturated heterocycles. The Hall–Kier alpha value is -3.18. The lowest BCUT2D eigenvalue weighted by atomic mass is 10.2. The Morgan fingerprint density at radius 3 is 2.69 bits per heavy atom. The first kappa shape index (κ1) is 17.9. The number of morpholine rings is 1. The van der Waals surface area contributed by atoms with Gasteiger partial charge in [-0.25, -0.2) is 4.98 Å². The van der Waals surface area contributed by atoms with Gasteiger partial charge in [0.25, 0.3) is 0 Å². The summed E-state index contributed by atoms with van der Waals surface area (Å²) in [5.41, 5.74) is 3.69. The van der Waals surface area contributed by atoms with Crippen LogP contribution in [0.1, 0.15) is 5.82 Å². The van der Waals surface area contributed by atoms with Gasteiger partial charge in [0.1, 0.15) is 11.6 Å². The molecule has 2 aliphatic heterocycles. The molecule has 1 aromatic carbocycles. The van der Waals surface area contributed by atoms with Gasteiger partial charge in [0.2, 0.25) is 0 Å². The van der Waals surface area contributed by atoms with Crippen LogP contribution in [0.15, 0.2) is 71.8 Å². The van der Waals surface area contributed by atoms with Gasteiger partial charge in [-0.3, -0.25) is 9.55 Å². The molecule has 4 heterocycles. The molecule has 1 fully saturated rings. The van der Waals surface area contributed by atoms with Crippen molar-refractivity contribution in [1.82, 2.24) is 19.4 Å². The minimum absolute atomic E-state index is 0.691. The minimum Gasteiger partial charge on any atom is -0.378 e. The Labute approximate surface area is 173 Å². The fourth-order valence-electron chi connectivity index (χ4n) is 3.49. The summed E-state index contributed by atoms with van der Waals surface area (Å²) in [5, 5.41) is 0.691. The number of hydrogen-bond acceptors (Lipinski definition) is 5. The van der Waals surface area contributed by atoms with Crippen molar-refractivity contribution in [3.8, 4) is 5.69 Å². The zero-order valence-corrected chi connectivity index (χ0v) is 16.4. The van der Waals surface area contributed by atoms with E-state index in [0.29, 0.717) is 18.2 Å². The second-order valence-electron chi connectivity index (χ2n) is 6.74. The van der Waals surface area contributed by atoms with E-state index in [1.807, 2.05) is 54.8 Å². The maximum Gasteiger partial charge on any atom is 0.146 e. The Morgan fingerprint density at radius 2 is 1.86 bits per heavy atom. The van der Waals surface area contributed by atoms with Gasteiger partial charge in [-0.1, -0.05) is 11.6 Å². The minimum atomic E-state index is 0.691. The maximum atomic E-state index is 6.09. The number of nitrogens with zero attached hydrogens (tertiary/aromatic N) is 5. The Balaban J connectivity index is 1.62. The van der Waals surface area contributed by atoms with Gasteiger partial charge in [0.05, 0.1) is 30.4 Å². The van der Waals surface area contributed by atoms with Crippen molar-refractivity contribution in [2.45, 2.75) is 0 Å². The van der Waals surface area contributed by atoms with Gasteiger partial charge in [-0.2, -0.15) is 4.99 Å². The highest BCUT2D eigenvalue weighted by Gasteiger charge is 2.17. The number of imidazole rings is 1. The van der Waals surface area contributed by atoms with Gasteiger partial charge in [-0.15, -0.1) is 0 Å². The highest BCUT2D eigenvalue weighted by atomic mass is 35.5. The second-order valence-corrected chi connectivity index (χ2v) is 7.18. The number of halogens is 1. The van der Waals surface area contributed by atoms with Gasteiger partial charge in [0.15, 0.2) is 0 Å². The van der Waals surface area contributed by atoms with E-state index in [1.54, 1.807) is 6.20 Å². The van der Waals surface area contributed by atoms with Crippen LogP contribution in [0, 0.1) is 0 Å².